The first-order valence-electron chi connectivity index (χ1n) is 6.18. The van der Waals surface area contributed by atoms with E-state index in [0.717, 1.165) is 16.7 Å². The Morgan fingerprint density at radius 2 is 2.20 bits per heavy atom. The fraction of sp³-hybridized carbons (Fsp3) is 0.143. The van der Waals surface area contributed by atoms with Crippen molar-refractivity contribution in [2.24, 2.45) is 0 Å². The van der Waals surface area contributed by atoms with Crippen LogP contribution >= 0.6 is 11.6 Å². The van der Waals surface area contributed by atoms with Crippen LogP contribution in [0.5, 0.6) is 0 Å². The fourth-order valence-corrected chi connectivity index (χ4v) is 2.15. The first kappa shape index (κ1) is 12.7. The Hall–Kier alpha value is -2.27. The lowest BCUT2D eigenvalue weighted by Crippen LogP contribution is -2.13. The average molecular weight is 290 g/mol. The number of aromatic amines is 1. The second kappa shape index (κ2) is 5.38. The number of fused-ring (bicyclic) bond motifs is 1. The molecule has 1 aromatic carbocycles. The van der Waals surface area contributed by atoms with Gasteiger partial charge in [-0.05, 0) is 12.1 Å². The monoisotopic (exact) mass is 289 g/mol. The molecule has 2 aromatic heterocycles. The van der Waals surface area contributed by atoms with E-state index in [0.29, 0.717) is 18.7 Å². The van der Waals surface area contributed by atoms with Crippen molar-refractivity contribution in [1.29, 1.82) is 0 Å². The molecule has 0 aliphatic rings. The zero-order valence-corrected chi connectivity index (χ0v) is 11.3. The maximum atomic E-state index is 11.3. The zero-order valence-electron chi connectivity index (χ0n) is 10.5. The first-order valence-corrected chi connectivity index (χ1v) is 6.56. The minimum atomic E-state index is -0.402. The molecule has 0 amide bonds. The number of benzene rings is 1. The van der Waals surface area contributed by atoms with Crippen molar-refractivity contribution < 1.29 is 4.42 Å². The number of hydrogen-bond acceptors (Lipinski definition) is 4. The Labute approximate surface area is 119 Å². The third-order valence-electron chi connectivity index (χ3n) is 2.96. The summed E-state index contributed by atoms with van der Waals surface area (Å²) in [6, 6.07) is 9.86. The van der Waals surface area contributed by atoms with Crippen molar-refractivity contribution in [3.63, 3.8) is 0 Å². The van der Waals surface area contributed by atoms with E-state index in [1.807, 2.05) is 30.3 Å². The lowest BCUT2D eigenvalue weighted by Gasteiger charge is -2.05. The second-order valence-electron chi connectivity index (χ2n) is 4.35. The smallest absolute Gasteiger partial charge is 0.285 e. The Balaban J connectivity index is 1.68. The van der Waals surface area contributed by atoms with E-state index in [1.54, 1.807) is 0 Å². The van der Waals surface area contributed by atoms with Gasteiger partial charge in [-0.3, -0.25) is 4.79 Å². The van der Waals surface area contributed by atoms with Gasteiger partial charge in [0.15, 0.2) is 0 Å². The Bertz CT molecular complexity index is 761. The van der Waals surface area contributed by atoms with E-state index in [1.165, 1.54) is 6.20 Å². The number of rotatable bonds is 4. The molecule has 0 saturated carbocycles. The molecule has 0 aliphatic heterocycles. The van der Waals surface area contributed by atoms with Crippen molar-refractivity contribution >= 4 is 28.3 Å². The molecule has 0 aliphatic carbocycles. The van der Waals surface area contributed by atoms with Gasteiger partial charge in [0.05, 0.1) is 11.9 Å². The third kappa shape index (κ3) is 2.53. The Morgan fingerprint density at radius 3 is 3.05 bits per heavy atom. The second-order valence-corrected chi connectivity index (χ2v) is 4.73. The van der Waals surface area contributed by atoms with Crippen molar-refractivity contribution in [3.05, 3.63) is 57.7 Å². The number of nitrogens with zero attached hydrogens (tertiary/aromatic N) is 1. The van der Waals surface area contributed by atoms with Crippen LogP contribution in [-0.4, -0.2) is 16.7 Å². The molecule has 6 heteroatoms. The standard InChI is InChI=1S/C14H12ClN3O2/c15-13-11(8-17-18-14(13)19)16-6-5-10-7-9-3-1-2-4-12(9)20-10/h1-4,7-8H,5-6H2,(H2,16,18,19). The predicted octanol–water partition coefficient (Wildman–Crippen LogP) is 2.82. The van der Waals surface area contributed by atoms with Crippen LogP contribution in [0.4, 0.5) is 5.69 Å². The van der Waals surface area contributed by atoms with Crippen LogP contribution in [0.2, 0.25) is 5.02 Å². The zero-order chi connectivity index (χ0) is 13.9. The summed E-state index contributed by atoms with van der Waals surface area (Å²) in [5.41, 5.74) is 0.991. The van der Waals surface area contributed by atoms with Gasteiger partial charge in [0.1, 0.15) is 16.4 Å². The summed E-state index contributed by atoms with van der Waals surface area (Å²) in [5.74, 6) is 0.882. The largest absolute Gasteiger partial charge is 0.461 e. The number of halogens is 1. The van der Waals surface area contributed by atoms with Crippen molar-refractivity contribution in [2.45, 2.75) is 6.42 Å². The van der Waals surface area contributed by atoms with Gasteiger partial charge < -0.3 is 9.73 Å². The van der Waals surface area contributed by atoms with Gasteiger partial charge in [0.2, 0.25) is 0 Å². The van der Waals surface area contributed by atoms with Gasteiger partial charge in [-0.15, -0.1) is 0 Å². The molecule has 0 radical (unpaired) electrons. The highest BCUT2D eigenvalue weighted by molar-refractivity contribution is 6.32. The first-order chi connectivity index (χ1) is 9.74. The van der Waals surface area contributed by atoms with Crippen LogP contribution in [0, 0.1) is 0 Å². The van der Waals surface area contributed by atoms with Crippen molar-refractivity contribution in [3.8, 4) is 0 Å². The molecule has 0 atom stereocenters. The maximum Gasteiger partial charge on any atom is 0.285 e. The van der Waals surface area contributed by atoms with Gasteiger partial charge in [-0.25, -0.2) is 5.10 Å². The van der Waals surface area contributed by atoms with E-state index in [-0.39, 0.29) is 5.02 Å². The van der Waals surface area contributed by atoms with E-state index < -0.39 is 5.56 Å². The molecule has 0 unspecified atom stereocenters. The summed E-state index contributed by atoms with van der Waals surface area (Å²) in [6.45, 7) is 0.602. The highest BCUT2D eigenvalue weighted by atomic mass is 35.5. The molecule has 0 saturated heterocycles. The molecule has 3 aromatic rings. The van der Waals surface area contributed by atoms with Crippen LogP contribution in [0.1, 0.15) is 5.76 Å². The van der Waals surface area contributed by atoms with E-state index in [9.17, 15) is 4.79 Å². The third-order valence-corrected chi connectivity index (χ3v) is 3.33. The Kier molecular flexibility index (Phi) is 3.43. The lowest BCUT2D eigenvalue weighted by molar-refractivity contribution is 0.553. The molecular formula is C14H12ClN3O2. The minimum Gasteiger partial charge on any atom is -0.461 e. The van der Waals surface area contributed by atoms with Gasteiger partial charge in [0.25, 0.3) is 5.56 Å². The average Bonchev–Trinajstić information content (AvgIpc) is 2.86. The lowest BCUT2D eigenvalue weighted by atomic mass is 10.2. The number of para-hydroxylation sites is 1. The number of nitrogens with one attached hydrogen (secondary N) is 2. The van der Waals surface area contributed by atoms with Gasteiger partial charge in [-0.2, -0.15) is 5.10 Å². The van der Waals surface area contributed by atoms with Crippen LogP contribution in [0.25, 0.3) is 11.0 Å². The summed E-state index contributed by atoms with van der Waals surface area (Å²) < 4.78 is 5.70. The SMILES string of the molecule is O=c1[nH]ncc(NCCc2cc3ccccc3o2)c1Cl. The maximum absolute atomic E-state index is 11.3. The molecule has 2 N–H and O–H groups in total. The molecule has 5 nitrogen and oxygen atoms in total. The van der Waals surface area contributed by atoms with E-state index in [4.69, 9.17) is 16.0 Å². The molecule has 0 fully saturated rings. The Morgan fingerprint density at radius 1 is 1.35 bits per heavy atom. The van der Waals surface area contributed by atoms with Crippen LogP contribution in [-0.2, 0) is 6.42 Å². The number of anilines is 1. The quantitative estimate of drug-likeness (QED) is 0.775. The summed E-state index contributed by atoms with van der Waals surface area (Å²) in [4.78, 5) is 11.3. The van der Waals surface area contributed by atoms with Crippen LogP contribution in [0.15, 0.2) is 45.7 Å². The number of furan rings is 1. The summed E-state index contributed by atoms with van der Waals surface area (Å²) >= 11 is 5.87. The normalized spacial score (nSPS) is 10.8. The van der Waals surface area contributed by atoms with E-state index in [2.05, 4.69) is 15.5 Å². The van der Waals surface area contributed by atoms with Crippen molar-refractivity contribution in [2.75, 3.05) is 11.9 Å². The molecule has 20 heavy (non-hydrogen) atoms. The van der Waals surface area contributed by atoms with Crippen LogP contribution in [0.3, 0.4) is 0 Å². The molecule has 3 rings (SSSR count). The molecular weight excluding hydrogens is 278 g/mol. The number of aromatic nitrogens is 2. The minimum absolute atomic E-state index is 0.115. The van der Waals surface area contributed by atoms with Gasteiger partial charge in [0, 0.05) is 18.4 Å². The number of hydrogen-bond donors (Lipinski definition) is 2. The number of H-pyrrole nitrogens is 1. The molecule has 0 bridgehead atoms. The highest BCUT2D eigenvalue weighted by Crippen LogP contribution is 2.19. The summed E-state index contributed by atoms with van der Waals surface area (Å²) in [6.07, 6.45) is 2.18. The van der Waals surface area contributed by atoms with Crippen LogP contribution < -0.4 is 10.9 Å². The van der Waals surface area contributed by atoms with Gasteiger partial charge >= 0.3 is 0 Å². The topological polar surface area (TPSA) is 70.9 Å². The summed E-state index contributed by atoms with van der Waals surface area (Å²) in [7, 11) is 0. The summed E-state index contributed by atoms with van der Waals surface area (Å²) in [5, 5.41) is 10.2. The van der Waals surface area contributed by atoms with Gasteiger partial charge in [-0.1, -0.05) is 29.8 Å². The highest BCUT2D eigenvalue weighted by Gasteiger charge is 2.06. The molecule has 102 valence electrons. The van der Waals surface area contributed by atoms with Crippen molar-refractivity contribution in [1.82, 2.24) is 10.2 Å². The fourth-order valence-electron chi connectivity index (χ4n) is 1.99. The molecule has 0 spiro atoms. The molecule has 2 heterocycles. The van der Waals surface area contributed by atoms with E-state index >= 15 is 0 Å². The predicted molar refractivity (Wildman–Crippen MR) is 78.3 cm³/mol.